The molecule has 0 saturated carbocycles. The van der Waals surface area contributed by atoms with E-state index in [9.17, 15) is 23.4 Å². The number of carbonyl (C=O) groups excluding carboxylic acids is 1. The van der Waals surface area contributed by atoms with Gasteiger partial charge in [-0.05, 0) is 35.7 Å². The van der Waals surface area contributed by atoms with Crippen LogP contribution in [0.25, 0.3) is 17.8 Å². The summed E-state index contributed by atoms with van der Waals surface area (Å²) >= 11 is 11.9. The van der Waals surface area contributed by atoms with Crippen molar-refractivity contribution in [1.29, 1.82) is 0 Å². The molecule has 1 N–H and O–H groups in total. The van der Waals surface area contributed by atoms with E-state index >= 15 is 0 Å². The van der Waals surface area contributed by atoms with Gasteiger partial charge in [0, 0.05) is 10.6 Å². The minimum Gasteiger partial charge on any atom is -0.858 e. The van der Waals surface area contributed by atoms with Crippen LogP contribution in [0, 0.1) is 0 Å². The average Bonchev–Trinajstić information content (AvgIpc) is 2.98. The monoisotopic (exact) mass is 507 g/mol. The predicted octanol–water partition coefficient (Wildman–Crippen LogP) is 2.03. The van der Waals surface area contributed by atoms with Crippen molar-refractivity contribution in [3.05, 3.63) is 69.3 Å². The Morgan fingerprint density at radius 3 is 2.30 bits per heavy atom. The van der Waals surface area contributed by atoms with Crippen LogP contribution < -0.4 is 10.2 Å². The first-order valence-corrected chi connectivity index (χ1v) is 10.0. The van der Waals surface area contributed by atoms with Gasteiger partial charge >= 0.3 is 17.1 Å². The Bertz CT molecular complexity index is 1240. The molecule has 0 amide bonds. The summed E-state index contributed by atoms with van der Waals surface area (Å²) in [5.41, 5.74) is -0.301. The van der Waals surface area contributed by atoms with Crippen molar-refractivity contribution >= 4 is 51.4 Å². The van der Waals surface area contributed by atoms with Crippen LogP contribution in [0.1, 0.15) is 21.6 Å². The SMILES string of the molecule is O=C([O-])c1nn(-c2ccccc2)c([O-])c1/C=C/c1cc(Cl)c(S(=O)(=O)O)cc1Cl.[Mn+2]. The standard InChI is InChI=1S/C18H12Cl2N2O6S.Mn/c19-13-9-15(29(26,27)28)14(20)8-10(13)6-7-12-16(18(24)25)21-22(17(12)23)11-4-2-1-3-5-11;/h1-9,23H,(H,24,25)(H,26,27,28);/q;+2/p-2/b7-6+;. The van der Waals surface area contributed by atoms with E-state index in [4.69, 9.17) is 27.8 Å². The molecule has 12 heteroatoms. The second-order valence-corrected chi connectivity index (χ2v) is 7.92. The van der Waals surface area contributed by atoms with Crippen LogP contribution in [0.2, 0.25) is 10.0 Å². The van der Waals surface area contributed by atoms with Crippen molar-refractivity contribution in [2.75, 3.05) is 0 Å². The minimum absolute atomic E-state index is 0. The summed E-state index contributed by atoms with van der Waals surface area (Å²) in [6, 6.07) is 10.3. The average molecular weight is 508 g/mol. The maximum atomic E-state index is 12.6. The first-order valence-electron chi connectivity index (χ1n) is 7.81. The van der Waals surface area contributed by atoms with Gasteiger partial charge in [-0.2, -0.15) is 13.5 Å². The van der Waals surface area contributed by atoms with Gasteiger partial charge < -0.3 is 15.0 Å². The van der Waals surface area contributed by atoms with Crippen LogP contribution in [0.4, 0.5) is 0 Å². The van der Waals surface area contributed by atoms with Crippen LogP contribution in [-0.4, -0.2) is 28.7 Å². The summed E-state index contributed by atoms with van der Waals surface area (Å²) in [5, 5.41) is 27.4. The van der Waals surface area contributed by atoms with Gasteiger partial charge in [-0.15, -0.1) is 0 Å². The summed E-state index contributed by atoms with van der Waals surface area (Å²) in [6.45, 7) is 0. The molecule has 0 unspecified atom stereocenters. The number of para-hydroxylation sites is 1. The van der Waals surface area contributed by atoms with Crippen LogP contribution in [0.15, 0.2) is 47.4 Å². The van der Waals surface area contributed by atoms with E-state index in [1.165, 1.54) is 6.08 Å². The molecule has 0 bridgehead atoms. The van der Waals surface area contributed by atoms with E-state index in [0.29, 0.717) is 5.69 Å². The van der Waals surface area contributed by atoms with Gasteiger partial charge in [-0.3, -0.25) is 4.55 Å². The van der Waals surface area contributed by atoms with Crippen LogP contribution in [0.5, 0.6) is 5.88 Å². The number of hydrogen-bond donors (Lipinski definition) is 1. The molecule has 0 saturated heterocycles. The molecule has 0 spiro atoms. The fourth-order valence-corrected chi connectivity index (χ4v) is 3.83. The molecular weight excluding hydrogens is 498 g/mol. The van der Waals surface area contributed by atoms with Gasteiger partial charge in [-0.1, -0.05) is 53.6 Å². The molecule has 0 atom stereocenters. The first-order chi connectivity index (χ1) is 13.6. The Balaban J connectivity index is 0.00000320. The fraction of sp³-hybridized carbons (Fsp3) is 0. The summed E-state index contributed by atoms with van der Waals surface area (Å²) in [6.07, 6.45) is 2.42. The van der Waals surface area contributed by atoms with E-state index in [0.717, 1.165) is 22.9 Å². The first kappa shape index (κ1) is 23.9. The van der Waals surface area contributed by atoms with Gasteiger partial charge in [-0.25, -0.2) is 4.68 Å². The number of benzene rings is 2. The molecule has 1 heterocycles. The predicted molar refractivity (Wildman–Crippen MR) is 103 cm³/mol. The molecular formula is C18H10Cl2MnN2O6S. The van der Waals surface area contributed by atoms with E-state index in [2.05, 4.69) is 5.10 Å². The van der Waals surface area contributed by atoms with Crippen molar-refractivity contribution in [2.24, 2.45) is 0 Å². The number of hydrogen-bond acceptors (Lipinski definition) is 6. The molecule has 30 heavy (non-hydrogen) atoms. The molecule has 1 radical (unpaired) electrons. The number of aromatic nitrogens is 2. The largest absolute Gasteiger partial charge is 2.00 e. The zero-order valence-corrected chi connectivity index (χ0v) is 18.1. The molecule has 0 aliphatic heterocycles. The van der Waals surface area contributed by atoms with E-state index < -0.39 is 32.6 Å². The van der Waals surface area contributed by atoms with Crippen molar-refractivity contribution in [1.82, 2.24) is 9.78 Å². The third-order valence-corrected chi connectivity index (χ3v) is 5.48. The molecule has 3 aromatic rings. The molecule has 155 valence electrons. The molecule has 1 aromatic heterocycles. The van der Waals surface area contributed by atoms with Crippen molar-refractivity contribution in [3.63, 3.8) is 0 Å². The van der Waals surface area contributed by atoms with Gasteiger partial charge in [0.05, 0.1) is 16.7 Å². The number of aromatic carboxylic acids is 1. The molecule has 0 aliphatic carbocycles. The summed E-state index contributed by atoms with van der Waals surface area (Å²) in [7, 11) is -4.58. The number of carboxylic acid groups (broad SMARTS) is 1. The summed E-state index contributed by atoms with van der Waals surface area (Å²) in [5.74, 6) is -2.36. The maximum Gasteiger partial charge on any atom is 2.00 e. The third-order valence-electron chi connectivity index (χ3n) is 3.83. The zero-order chi connectivity index (χ0) is 21.3. The Morgan fingerprint density at radius 1 is 1.10 bits per heavy atom. The van der Waals surface area contributed by atoms with E-state index in [1.54, 1.807) is 30.3 Å². The zero-order valence-electron chi connectivity index (χ0n) is 14.6. The van der Waals surface area contributed by atoms with Gasteiger partial charge in [0.25, 0.3) is 10.1 Å². The van der Waals surface area contributed by atoms with Crippen molar-refractivity contribution in [3.8, 4) is 11.6 Å². The van der Waals surface area contributed by atoms with Crippen molar-refractivity contribution < 1.29 is 45.0 Å². The number of carboxylic acids is 1. The van der Waals surface area contributed by atoms with Crippen LogP contribution in [-0.2, 0) is 27.2 Å². The fourth-order valence-electron chi connectivity index (χ4n) is 2.50. The van der Waals surface area contributed by atoms with Crippen LogP contribution in [0.3, 0.4) is 0 Å². The Labute approximate surface area is 191 Å². The minimum atomic E-state index is -4.58. The number of nitrogens with zero attached hydrogens (tertiary/aromatic N) is 2. The molecule has 0 aliphatic rings. The van der Waals surface area contributed by atoms with E-state index in [1.807, 2.05) is 0 Å². The molecule has 8 nitrogen and oxygen atoms in total. The summed E-state index contributed by atoms with van der Waals surface area (Å²) < 4.78 is 32.6. The van der Waals surface area contributed by atoms with Gasteiger partial charge in [0.15, 0.2) is 0 Å². The second-order valence-electron chi connectivity index (χ2n) is 5.71. The number of carbonyl (C=O) groups is 1. The van der Waals surface area contributed by atoms with Gasteiger partial charge in [0.2, 0.25) is 0 Å². The Kier molecular flexibility index (Phi) is 7.35. The van der Waals surface area contributed by atoms with Crippen LogP contribution >= 0.6 is 23.2 Å². The topological polar surface area (TPSA) is 135 Å². The van der Waals surface area contributed by atoms with Gasteiger partial charge in [0.1, 0.15) is 10.6 Å². The molecule has 3 rings (SSSR count). The Morgan fingerprint density at radius 2 is 1.73 bits per heavy atom. The number of rotatable bonds is 5. The Hall–Kier alpha value is -2.33. The quantitative estimate of drug-likeness (QED) is 0.412. The third kappa shape index (κ3) is 4.86. The smallest absolute Gasteiger partial charge is 0.858 e. The maximum absolute atomic E-state index is 12.6. The second kappa shape index (κ2) is 9.21. The molecule has 0 fully saturated rings. The van der Waals surface area contributed by atoms with Crippen molar-refractivity contribution in [2.45, 2.75) is 4.90 Å². The number of halogens is 2. The summed E-state index contributed by atoms with van der Waals surface area (Å²) in [4.78, 5) is 10.8. The normalized spacial score (nSPS) is 11.4. The van der Waals surface area contributed by atoms with E-state index in [-0.39, 0.29) is 38.2 Å². The molecule has 2 aromatic carbocycles.